The quantitative estimate of drug-likeness (QED) is 0.805. The Morgan fingerprint density at radius 1 is 1.31 bits per heavy atom. The molecule has 26 heavy (non-hydrogen) atoms. The second kappa shape index (κ2) is 6.79. The SMILES string of the molecule is CN1OC(C)(C)CC1=NC(=O)[N+]1(c2ccccc2)CCOCC1C(N)=O. The smallest absolute Gasteiger partial charge is 0.369 e. The Bertz CT molecular complexity index is 734. The van der Waals surface area contributed by atoms with Gasteiger partial charge in [0.1, 0.15) is 24.7 Å². The molecule has 2 saturated heterocycles. The molecule has 2 heterocycles. The fourth-order valence-corrected chi connectivity index (χ4v) is 3.59. The average Bonchev–Trinajstić information content (AvgIpc) is 2.86. The van der Waals surface area contributed by atoms with E-state index < -0.39 is 23.6 Å². The van der Waals surface area contributed by atoms with Gasteiger partial charge in [-0.15, -0.1) is 4.99 Å². The van der Waals surface area contributed by atoms with Gasteiger partial charge in [-0.2, -0.15) is 4.48 Å². The number of nitrogens with zero attached hydrogens (tertiary/aromatic N) is 3. The van der Waals surface area contributed by atoms with E-state index >= 15 is 0 Å². The van der Waals surface area contributed by atoms with E-state index in [0.29, 0.717) is 31.1 Å². The van der Waals surface area contributed by atoms with Crippen LogP contribution in [-0.2, 0) is 14.4 Å². The maximum atomic E-state index is 13.4. The number of para-hydroxylation sites is 1. The third-order valence-corrected chi connectivity index (χ3v) is 4.84. The number of ether oxygens (including phenoxy) is 1. The third-order valence-electron chi connectivity index (χ3n) is 4.84. The number of amides is 3. The number of nitrogens with two attached hydrogens (primary N) is 1. The lowest BCUT2D eigenvalue weighted by molar-refractivity contribution is -0.141. The first-order valence-corrected chi connectivity index (χ1v) is 8.62. The van der Waals surface area contributed by atoms with Crippen LogP contribution in [0.3, 0.4) is 0 Å². The molecule has 1 aromatic carbocycles. The molecule has 2 aliphatic heterocycles. The Labute approximate surface area is 152 Å². The van der Waals surface area contributed by atoms with Gasteiger partial charge >= 0.3 is 6.03 Å². The van der Waals surface area contributed by atoms with E-state index in [1.165, 1.54) is 5.06 Å². The Kier molecular flexibility index (Phi) is 4.83. The molecule has 0 saturated carbocycles. The molecule has 2 N–H and O–H groups in total. The molecule has 0 aromatic heterocycles. The molecular weight excluding hydrogens is 336 g/mol. The minimum atomic E-state index is -0.830. The highest BCUT2D eigenvalue weighted by atomic mass is 16.7. The van der Waals surface area contributed by atoms with Crippen molar-refractivity contribution in [2.45, 2.75) is 31.9 Å². The number of aliphatic imine (C=N–C) groups is 1. The highest BCUT2D eigenvalue weighted by Gasteiger charge is 2.52. The average molecular weight is 361 g/mol. The van der Waals surface area contributed by atoms with Crippen LogP contribution in [-0.4, -0.2) is 61.3 Å². The number of urea groups is 1. The molecule has 0 spiro atoms. The normalized spacial score (nSPS) is 29.7. The second-order valence-corrected chi connectivity index (χ2v) is 7.26. The van der Waals surface area contributed by atoms with Gasteiger partial charge < -0.3 is 10.5 Å². The number of carbonyl (C=O) groups is 2. The highest BCUT2D eigenvalue weighted by Crippen LogP contribution is 2.32. The predicted molar refractivity (Wildman–Crippen MR) is 97.3 cm³/mol. The number of hydrogen-bond acceptors (Lipinski definition) is 4. The summed E-state index contributed by atoms with van der Waals surface area (Å²) in [7, 11) is 1.72. The van der Waals surface area contributed by atoms with Gasteiger partial charge in [-0.05, 0) is 26.0 Å². The zero-order chi connectivity index (χ0) is 18.9. The molecule has 0 bridgehead atoms. The topological polar surface area (TPSA) is 94.2 Å². The van der Waals surface area contributed by atoms with Crippen LogP contribution >= 0.6 is 0 Å². The Morgan fingerprint density at radius 3 is 2.58 bits per heavy atom. The standard InChI is InChI=1S/C18H24N4O4/c1-18(2)11-15(21(3)26-18)20-17(24)22(13-7-5-4-6-8-13)9-10-25-12-14(22)16(19)23/h4-8,14H,9-12H2,1-3H3,(H-,19,23)/p+1. The van der Waals surface area contributed by atoms with Crippen LogP contribution in [0.25, 0.3) is 0 Å². The summed E-state index contributed by atoms with van der Waals surface area (Å²) in [5, 5.41) is 1.51. The van der Waals surface area contributed by atoms with Crippen LogP contribution in [0.4, 0.5) is 10.5 Å². The van der Waals surface area contributed by atoms with Crippen molar-refractivity contribution in [1.82, 2.24) is 9.55 Å². The highest BCUT2D eigenvalue weighted by molar-refractivity contribution is 6.02. The van der Waals surface area contributed by atoms with E-state index in [1.54, 1.807) is 7.05 Å². The zero-order valence-corrected chi connectivity index (χ0v) is 15.3. The van der Waals surface area contributed by atoms with E-state index in [0.717, 1.165) is 0 Å². The maximum absolute atomic E-state index is 13.4. The first-order chi connectivity index (χ1) is 12.3. The molecule has 8 nitrogen and oxygen atoms in total. The third kappa shape index (κ3) is 3.23. The summed E-state index contributed by atoms with van der Waals surface area (Å²) in [6, 6.07) is 7.89. The molecule has 3 amide bonds. The van der Waals surface area contributed by atoms with E-state index in [2.05, 4.69) is 4.99 Å². The molecule has 0 radical (unpaired) electrons. The lowest BCUT2D eigenvalue weighted by Crippen LogP contribution is -2.69. The second-order valence-electron chi connectivity index (χ2n) is 7.26. The predicted octanol–water partition coefficient (Wildman–Crippen LogP) is 1.44. The summed E-state index contributed by atoms with van der Waals surface area (Å²) in [5.74, 6) is -0.0541. The van der Waals surface area contributed by atoms with E-state index in [1.807, 2.05) is 44.2 Å². The number of benzene rings is 1. The number of carbonyl (C=O) groups excluding carboxylic acids is 2. The Hall–Kier alpha value is -2.29. The van der Waals surface area contributed by atoms with Crippen LogP contribution in [0.15, 0.2) is 35.3 Å². The molecule has 140 valence electrons. The van der Waals surface area contributed by atoms with Gasteiger partial charge in [0.25, 0.3) is 5.91 Å². The number of hydroxylamine groups is 2. The molecule has 0 aliphatic carbocycles. The largest absolute Gasteiger partial charge is 0.450 e. The Morgan fingerprint density at radius 2 is 2.00 bits per heavy atom. The maximum Gasteiger partial charge on any atom is 0.450 e. The molecule has 1 aromatic rings. The summed E-state index contributed by atoms with van der Waals surface area (Å²) in [6.07, 6.45) is 0.502. The minimum absolute atomic E-state index is 0.0820. The number of primary amides is 1. The molecule has 2 unspecified atom stereocenters. The number of quaternary nitrogens is 1. The van der Waals surface area contributed by atoms with Gasteiger partial charge in [-0.25, -0.2) is 9.86 Å². The molecular formula is C18H25N4O4+. The van der Waals surface area contributed by atoms with Crippen LogP contribution in [0.1, 0.15) is 20.3 Å². The van der Waals surface area contributed by atoms with Crippen LogP contribution in [0.2, 0.25) is 0 Å². The summed E-state index contributed by atoms with van der Waals surface area (Å²) in [6.45, 7) is 4.57. The van der Waals surface area contributed by atoms with Gasteiger partial charge in [0.2, 0.25) is 6.04 Å². The van der Waals surface area contributed by atoms with Crippen molar-refractivity contribution in [3.63, 3.8) is 0 Å². The zero-order valence-electron chi connectivity index (χ0n) is 15.3. The van der Waals surface area contributed by atoms with Crippen LogP contribution < -0.4 is 10.2 Å². The van der Waals surface area contributed by atoms with Gasteiger partial charge in [-0.1, -0.05) is 18.2 Å². The van der Waals surface area contributed by atoms with Gasteiger partial charge in [0.05, 0.1) is 12.2 Å². The van der Waals surface area contributed by atoms with Crippen molar-refractivity contribution in [1.29, 1.82) is 0 Å². The van der Waals surface area contributed by atoms with Crippen molar-refractivity contribution in [2.75, 3.05) is 26.8 Å². The van der Waals surface area contributed by atoms with E-state index in [-0.39, 0.29) is 11.1 Å². The van der Waals surface area contributed by atoms with Crippen molar-refractivity contribution in [2.24, 2.45) is 10.7 Å². The van der Waals surface area contributed by atoms with Gasteiger partial charge in [0.15, 0.2) is 0 Å². The molecule has 2 aliphatic rings. The number of hydrogen-bond donors (Lipinski definition) is 1. The van der Waals surface area contributed by atoms with Crippen LogP contribution in [0.5, 0.6) is 0 Å². The van der Waals surface area contributed by atoms with Crippen molar-refractivity contribution < 1.29 is 19.2 Å². The lowest BCUT2D eigenvalue weighted by Gasteiger charge is -2.41. The monoisotopic (exact) mass is 361 g/mol. The fraction of sp³-hybridized carbons (Fsp3) is 0.500. The molecule has 3 rings (SSSR count). The van der Waals surface area contributed by atoms with E-state index in [9.17, 15) is 9.59 Å². The van der Waals surface area contributed by atoms with Gasteiger partial charge in [-0.3, -0.25) is 9.63 Å². The van der Waals surface area contributed by atoms with Crippen molar-refractivity contribution in [3.8, 4) is 0 Å². The fourth-order valence-electron chi connectivity index (χ4n) is 3.59. The lowest BCUT2D eigenvalue weighted by atomic mass is 10.1. The van der Waals surface area contributed by atoms with Crippen molar-refractivity contribution in [3.05, 3.63) is 30.3 Å². The summed E-state index contributed by atoms with van der Waals surface area (Å²) >= 11 is 0. The number of morpholine rings is 1. The molecule has 2 fully saturated rings. The van der Waals surface area contributed by atoms with E-state index in [4.69, 9.17) is 15.3 Å². The first kappa shape index (κ1) is 18.5. The number of rotatable bonds is 2. The summed E-state index contributed by atoms with van der Waals surface area (Å²) in [4.78, 5) is 35.6. The van der Waals surface area contributed by atoms with Crippen LogP contribution in [0, 0.1) is 0 Å². The van der Waals surface area contributed by atoms with Gasteiger partial charge in [0, 0.05) is 13.5 Å². The summed E-state index contributed by atoms with van der Waals surface area (Å²) < 4.78 is 5.17. The first-order valence-electron chi connectivity index (χ1n) is 8.62. The minimum Gasteiger partial charge on any atom is -0.369 e. The molecule has 8 heteroatoms. The molecule has 2 atom stereocenters. The Balaban J connectivity index is 2.07. The van der Waals surface area contributed by atoms with Crippen molar-refractivity contribution >= 4 is 23.5 Å². The summed E-state index contributed by atoms with van der Waals surface area (Å²) in [5.41, 5.74) is 5.87. The number of amidine groups is 1.